The third kappa shape index (κ3) is 4.27. The van der Waals surface area contributed by atoms with Crippen molar-refractivity contribution in [2.45, 2.75) is 31.3 Å². The van der Waals surface area contributed by atoms with Gasteiger partial charge in [-0.05, 0) is 31.2 Å². The molecule has 2 aliphatic rings. The molecule has 3 heterocycles. The number of amides is 1. The highest BCUT2D eigenvalue weighted by atomic mass is 35.5. The zero-order valence-corrected chi connectivity index (χ0v) is 16.8. The summed E-state index contributed by atoms with van der Waals surface area (Å²) in [4.78, 5) is 19.1. The first-order valence-electron chi connectivity index (χ1n) is 9.40. The van der Waals surface area contributed by atoms with Crippen molar-refractivity contribution in [2.75, 3.05) is 31.1 Å². The number of pyridine rings is 1. The number of benzene rings is 1. The van der Waals surface area contributed by atoms with Crippen LogP contribution in [0.5, 0.6) is 0 Å². The van der Waals surface area contributed by atoms with E-state index in [9.17, 15) is 14.4 Å². The first-order valence-corrected chi connectivity index (χ1v) is 9.40. The molecule has 4 atom stereocenters. The first-order chi connectivity index (χ1) is 13.6. The molecule has 29 heavy (non-hydrogen) atoms. The normalized spacial score (nSPS) is 26.6. The van der Waals surface area contributed by atoms with E-state index in [-0.39, 0.29) is 31.0 Å². The summed E-state index contributed by atoms with van der Waals surface area (Å²) < 4.78 is 19.7. The average molecular weight is 420 g/mol. The number of hydrogen-bond acceptors (Lipinski definition) is 6. The molecule has 1 amide bonds. The predicted octanol–water partition coefficient (Wildman–Crippen LogP) is 1.55. The van der Waals surface area contributed by atoms with Gasteiger partial charge in [0.05, 0.1) is 29.8 Å². The number of hydrogen-bond donors (Lipinski definition) is 2. The largest absolute Gasteiger partial charge is 0.365 e. The number of aromatic nitrogens is 1. The number of morpholine rings is 1. The number of carbonyl (C=O) groups excluding carboxylic acids is 1. The lowest BCUT2D eigenvalue weighted by Gasteiger charge is -2.38. The van der Waals surface area contributed by atoms with Crippen LogP contribution in [0.15, 0.2) is 30.5 Å². The van der Waals surface area contributed by atoms with Crippen molar-refractivity contribution >= 4 is 34.9 Å². The maximum Gasteiger partial charge on any atom is 0.251 e. The summed E-state index contributed by atoms with van der Waals surface area (Å²) in [5.74, 6) is -0.302. The second-order valence-electron chi connectivity index (χ2n) is 7.27. The minimum absolute atomic E-state index is 0. The molecular formula is C20H23ClFN5O2. The Morgan fingerprint density at radius 1 is 1.38 bits per heavy atom. The lowest BCUT2D eigenvalue weighted by molar-refractivity contribution is -0.138. The standard InChI is InChI=1S/C20H22FN5O2.ClH/c1-12-10-26(11-18(28-12)20(27)25-16-9-23-8-15(16)21)17-5-4-13(7-22)19-14(17)3-2-6-24-19;/h2-6,12,15-16,18,23H,8-11H2,1H3,(H,25,27);1H/t12-,15-,16+,18-;/m0./s1. The van der Waals surface area contributed by atoms with Gasteiger partial charge in [-0.3, -0.25) is 9.78 Å². The summed E-state index contributed by atoms with van der Waals surface area (Å²) in [5, 5.41) is 15.9. The molecule has 7 nitrogen and oxygen atoms in total. The highest BCUT2D eigenvalue weighted by Crippen LogP contribution is 2.30. The smallest absolute Gasteiger partial charge is 0.251 e. The molecule has 9 heteroatoms. The van der Waals surface area contributed by atoms with Crippen molar-refractivity contribution in [1.29, 1.82) is 5.26 Å². The number of anilines is 1. The number of nitriles is 1. The number of nitrogens with zero attached hydrogens (tertiary/aromatic N) is 3. The lowest BCUT2D eigenvalue weighted by atomic mass is 10.1. The predicted molar refractivity (Wildman–Crippen MR) is 110 cm³/mol. The van der Waals surface area contributed by atoms with Gasteiger partial charge in [-0.1, -0.05) is 0 Å². The number of rotatable bonds is 3. The van der Waals surface area contributed by atoms with Gasteiger partial charge in [0.2, 0.25) is 0 Å². The Morgan fingerprint density at radius 2 is 2.21 bits per heavy atom. The van der Waals surface area contributed by atoms with E-state index >= 15 is 0 Å². The van der Waals surface area contributed by atoms with E-state index in [1.807, 2.05) is 25.1 Å². The molecule has 2 aromatic rings. The molecule has 4 rings (SSSR count). The average Bonchev–Trinajstić information content (AvgIpc) is 3.11. The van der Waals surface area contributed by atoms with Crippen LogP contribution < -0.4 is 15.5 Å². The molecule has 154 valence electrons. The van der Waals surface area contributed by atoms with Gasteiger partial charge in [0, 0.05) is 36.9 Å². The minimum Gasteiger partial charge on any atom is -0.365 e. The maximum absolute atomic E-state index is 13.8. The van der Waals surface area contributed by atoms with Crippen LogP contribution in [-0.2, 0) is 9.53 Å². The van der Waals surface area contributed by atoms with Crippen molar-refractivity contribution in [3.63, 3.8) is 0 Å². The van der Waals surface area contributed by atoms with Gasteiger partial charge in [0.1, 0.15) is 12.2 Å². The third-order valence-electron chi connectivity index (χ3n) is 5.23. The van der Waals surface area contributed by atoms with Gasteiger partial charge in [-0.15, -0.1) is 12.4 Å². The Balaban J connectivity index is 0.00000240. The van der Waals surface area contributed by atoms with Crippen molar-refractivity contribution in [1.82, 2.24) is 15.6 Å². The topological polar surface area (TPSA) is 90.3 Å². The molecule has 2 fully saturated rings. The van der Waals surface area contributed by atoms with Gasteiger partial charge in [-0.2, -0.15) is 5.26 Å². The Labute approximate surface area is 174 Å². The number of nitrogens with one attached hydrogen (secondary N) is 2. The quantitative estimate of drug-likeness (QED) is 0.784. The second kappa shape index (κ2) is 8.91. The van der Waals surface area contributed by atoms with Gasteiger partial charge in [0.15, 0.2) is 6.10 Å². The number of fused-ring (bicyclic) bond motifs is 1. The number of ether oxygens (including phenoxy) is 1. The van der Waals surface area contributed by atoms with Gasteiger partial charge in [0.25, 0.3) is 5.91 Å². The van der Waals surface area contributed by atoms with Gasteiger partial charge < -0.3 is 20.3 Å². The van der Waals surface area contributed by atoms with E-state index in [1.165, 1.54) is 0 Å². The molecule has 2 saturated heterocycles. The Kier molecular flexibility index (Phi) is 6.52. The highest BCUT2D eigenvalue weighted by Gasteiger charge is 2.35. The fourth-order valence-corrected chi connectivity index (χ4v) is 3.88. The highest BCUT2D eigenvalue weighted by molar-refractivity contribution is 5.95. The van der Waals surface area contributed by atoms with E-state index in [0.29, 0.717) is 30.7 Å². The molecule has 0 radical (unpaired) electrons. The van der Waals surface area contributed by atoms with Gasteiger partial charge in [-0.25, -0.2) is 4.39 Å². The van der Waals surface area contributed by atoms with Crippen LogP contribution in [0, 0.1) is 11.3 Å². The Bertz CT molecular complexity index is 937. The molecule has 0 saturated carbocycles. The van der Waals surface area contributed by atoms with Crippen LogP contribution in [0.25, 0.3) is 10.9 Å². The van der Waals surface area contributed by atoms with Crippen molar-refractivity contribution < 1.29 is 13.9 Å². The molecule has 0 spiro atoms. The van der Waals surface area contributed by atoms with Crippen molar-refractivity contribution in [2.24, 2.45) is 0 Å². The van der Waals surface area contributed by atoms with E-state index in [2.05, 4.69) is 26.6 Å². The lowest BCUT2D eigenvalue weighted by Crippen LogP contribution is -2.55. The zero-order chi connectivity index (χ0) is 19.7. The monoisotopic (exact) mass is 419 g/mol. The first kappa shape index (κ1) is 21.2. The summed E-state index contributed by atoms with van der Waals surface area (Å²) >= 11 is 0. The van der Waals surface area contributed by atoms with Crippen molar-refractivity contribution in [3.05, 3.63) is 36.0 Å². The number of alkyl halides is 1. The fourth-order valence-electron chi connectivity index (χ4n) is 3.88. The van der Waals surface area contributed by atoms with Crippen LogP contribution in [0.2, 0.25) is 0 Å². The van der Waals surface area contributed by atoms with Gasteiger partial charge >= 0.3 is 0 Å². The summed E-state index contributed by atoms with van der Waals surface area (Å²) in [5.41, 5.74) is 2.05. The summed E-state index contributed by atoms with van der Waals surface area (Å²) in [6.07, 6.45) is -0.294. The molecule has 2 aliphatic heterocycles. The second-order valence-corrected chi connectivity index (χ2v) is 7.27. The summed E-state index contributed by atoms with van der Waals surface area (Å²) in [6.45, 7) is 3.54. The molecule has 0 bridgehead atoms. The van der Waals surface area contributed by atoms with Crippen LogP contribution in [0.4, 0.5) is 10.1 Å². The van der Waals surface area contributed by atoms with Crippen LogP contribution in [0.3, 0.4) is 0 Å². The zero-order valence-electron chi connectivity index (χ0n) is 16.0. The number of carbonyl (C=O) groups is 1. The summed E-state index contributed by atoms with van der Waals surface area (Å²) in [6, 6.07) is 9.02. The maximum atomic E-state index is 13.8. The summed E-state index contributed by atoms with van der Waals surface area (Å²) in [7, 11) is 0. The van der Waals surface area contributed by atoms with Crippen molar-refractivity contribution in [3.8, 4) is 6.07 Å². The number of halogens is 2. The molecule has 0 aliphatic carbocycles. The Hall–Kier alpha value is -2.47. The fraction of sp³-hybridized carbons (Fsp3) is 0.450. The van der Waals surface area contributed by atoms with E-state index in [1.54, 1.807) is 12.3 Å². The SMILES string of the molecule is C[C@H]1CN(c2ccc(C#N)c3ncccc23)C[C@@H](C(=O)N[C@@H]2CNC[C@@H]2F)O1.Cl. The minimum atomic E-state index is -1.09. The molecular weight excluding hydrogens is 397 g/mol. The van der Waals surface area contributed by atoms with Crippen LogP contribution >= 0.6 is 12.4 Å². The van der Waals surface area contributed by atoms with E-state index in [0.717, 1.165) is 11.1 Å². The Morgan fingerprint density at radius 3 is 2.93 bits per heavy atom. The van der Waals surface area contributed by atoms with E-state index in [4.69, 9.17) is 4.74 Å². The molecule has 2 N–H and O–H groups in total. The molecule has 0 unspecified atom stereocenters. The molecule has 1 aromatic carbocycles. The van der Waals surface area contributed by atoms with Crippen LogP contribution in [0.1, 0.15) is 12.5 Å². The third-order valence-corrected chi connectivity index (χ3v) is 5.23. The van der Waals surface area contributed by atoms with Crippen LogP contribution in [-0.4, -0.2) is 61.5 Å². The van der Waals surface area contributed by atoms with E-state index < -0.39 is 18.3 Å². The molecule has 1 aromatic heterocycles.